The molecule has 0 heterocycles. The number of carboxylic acids is 1. The molecule has 0 aromatic rings. The van der Waals surface area contributed by atoms with Gasteiger partial charge in [0.1, 0.15) is 13.2 Å². The maximum absolute atomic E-state index is 13.0. The fourth-order valence-electron chi connectivity index (χ4n) is 10.9. The number of esters is 2. The lowest BCUT2D eigenvalue weighted by Gasteiger charge is -2.26. The molecule has 0 spiro atoms. The number of quaternary nitrogens is 1. The van der Waals surface area contributed by atoms with Crippen LogP contribution in [0, 0.1) is 0 Å². The molecule has 2 unspecified atom stereocenters. The summed E-state index contributed by atoms with van der Waals surface area (Å²) in [6, 6.07) is 0. The van der Waals surface area contributed by atoms with E-state index in [0.29, 0.717) is 23.9 Å². The van der Waals surface area contributed by atoms with Crippen molar-refractivity contribution in [3.05, 3.63) is 109 Å². The van der Waals surface area contributed by atoms with Gasteiger partial charge in [0.2, 0.25) is 0 Å². The maximum atomic E-state index is 13.0. The predicted octanol–water partition coefficient (Wildman–Crippen LogP) is 23.2. The molecule has 0 fully saturated rings. The van der Waals surface area contributed by atoms with E-state index in [4.69, 9.17) is 18.9 Å². The highest BCUT2D eigenvalue weighted by Gasteiger charge is 2.22. The van der Waals surface area contributed by atoms with Crippen LogP contribution in [-0.2, 0) is 33.3 Å². The molecule has 0 aromatic heterocycles. The summed E-state index contributed by atoms with van der Waals surface area (Å²) in [7, 11) is 5.93. The summed E-state index contributed by atoms with van der Waals surface area (Å²) in [5.41, 5.74) is 0. The summed E-state index contributed by atoms with van der Waals surface area (Å²) >= 11 is 0. The summed E-state index contributed by atoms with van der Waals surface area (Å²) in [6.45, 7) is 4.67. The Hall–Kier alpha value is -4.05. The number of nitrogens with zero attached hydrogens (tertiary/aromatic N) is 1. The average molecular weight is 1290 g/mol. The van der Waals surface area contributed by atoms with Gasteiger partial charge in [0, 0.05) is 12.8 Å². The highest BCUT2D eigenvalue weighted by Crippen LogP contribution is 2.19. The first kappa shape index (κ1) is 88.0. The Labute approximate surface area is 568 Å². The van der Waals surface area contributed by atoms with Crippen LogP contribution in [0.2, 0.25) is 0 Å². The quantitative estimate of drug-likeness (QED) is 0.0195. The number of carboxylic acid groups (broad SMARTS) is 1. The van der Waals surface area contributed by atoms with Crippen molar-refractivity contribution in [2.75, 3.05) is 47.5 Å². The van der Waals surface area contributed by atoms with E-state index in [9.17, 15) is 19.5 Å². The van der Waals surface area contributed by atoms with Crippen molar-refractivity contribution in [3.63, 3.8) is 0 Å². The topological polar surface area (TPSA) is 111 Å². The van der Waals surface area contributed by atoms with Crippen LogP contribution in [0.3, 0.4) is 0 Å². The number of ether oxygens (including phenoxy) is 4. The van der Waals surface area contributed by atoms with Crippen LogP contribution < -0.4 is 5.11 Å². The van der Waals surface area contributed by atoms with Crippen LogP contribution in [0.4, 0.5) is 0 Å². The number of unbranched alkanes of at least 4 members (excludes halogenated alkanes) is 38. The fourth-order valence-corrected chi connectivity index (χ4v) is 10.9. The van der Waals surface area contributed by atoms with Crippen molar-refractivity contribution in [2.24, 2.45) is 0 Å². The van der Waals surface area contributed by atoms with E-state index in [1.165, 1.54) is 205 Å². The lowest BCUT2D eigenvalue weighted by molar-refractivity contribution is -0.870. The van der Waals surface area contributed by atoms with Crippen molar-refractivity contribution >= 4 is 17.9 Å². The van der Waals surface area contributed by atoms with Gasteiger partial charge in [0.25, 0.3) is 0 Å². The molecular weight excluding hydrogens is 1140 g/mol. The summed E-state index contributed by atoms with van der Waals surface area (Å²) in [5, 5.41) is 11.9. The number of aliphatic carboxylic acids is 1. The van der Waals surface area contributed by atoms with Gasteiger partial charge in [-0.2, -0.15) is 0 Å². The van der Waals surface area contributed by atoms with E-state index in [1.54, 1.807) is 0 Å². The molecule has 9 nitrogen and oxygen atoms in total. The normalized spacial score (nSPS) is 13.3. The smallest absolute Gasteiger partial charge is 0.306 e. The van der Waals surface area contributed by atoms with Gasteiger partial charge in [-0.05, 0) is 83.5 Å². The van der Waals surface area contributed by atoms with Gasteiger partial charge in [-0.3, -0.25) is 9.59 Å². The van der Waals surface area contributed by atoms with Gasteiger partial charge < -0.3 is 33.3 Å². The molecule has 0 radical (unpaired) electrons. The van der Waals surface area contributed by atoms with Crippen molar-refractivity contribution < 1.29 is 42.9 Å². The molecule has 0 aliphatic rings. The second-order valence-corrected chi connectivity index (χ2v) is 26.9. The zero-order valence-corrected chi connectivity index (χ0v) is 60.7. The molecular formula is C83H145NO8. The summed E-state index contributed by atoms with van der Waals surface area (Å²) < 4.78 is 22.8. The number of allylic oxidation sites excluding steroid dienone is 18. The molecule has 0 N–H and O–H groups in total. The molecule has 0 saturated heterocycles. The van der Waals surface area contributed by atoms with Gasteiger partial charge in [0.15, 0.2) is 12.4 Å². The van der Waals surface area contributed by atoms with Gasteiger partial charge in [-0.15, -0.1) is 0 Å². The van der Waals surface area contributed by atoms with E-state index in [0.717, 1.165) is 103 Å². The van der Waals surface area contributed by atoms with Gasteiger partial charge >= 0.3 is 11.9 Å². The lowest BCUT2D eigenvalue weighted by Crippen LogP contribution is -2.44. The lowest BCUT2D eigenvalue weighted by atomic mass is 10.0. The molecule has 0 amide bonds. The minimum atomic E-state index is -1.63. The molecule has 9 heteroatoms. The number of rotatable bonds is 71. The van der Waals surface area contributed by atoms with E-state index < -0.39 is 24.3 Å². The van der Waals surface area contributed by atoms with Gasteiger partial charge in [0.05, 0.1) is 40.3 Å². The second-order valence-electron chi connectivity index (χ2n) is 26.9. The zero-order valence-electron chi connectivity index (χ0n) is 60.7. The Morgan fingerprint density at radius 2 is 0.620 bits per heavy atom. The van der Waals surface area contributed by atoms with Crippen molar-refractivity contribution in [1.82, 2.24) is 0 Å². The van der Waals surface area contributed by atoms with Crippen molar-refractivity contribution in [1.29, 1.82) is 0 Å². The summed E-state index contributed by atoms with van der Waals surface area (Å²) in [4.78, 5) is 37.6. The minimum absolute atomic E-state index is 0.144. The average Bonchev–Trinajstić information content (AvgIpc) is 3.75. The highest BCUT2D eigenvalue weighted by molar-refractivity contribution is 5.70. The zero-order chi connectivity index (χ0) is 66.8. The molecule has 92 heavy (non-hydrogen) atoms. The van der Waals surface area contributed by atoms with E-state index in [-0.39, 0.29) is 32.2 Å². The van der Waals surface area contributed by atoms with Crippen LogP contribution in [0.25, 0.3) is 0 Å². The van der Waals surface area contributed by atoms with E-state index >= 15 is 0 Å². The van der Waals surface area contributed by atoms with Crippen LogP contribution in [0.1, 0.15) is 341 Å². The minimum Gasteiger partial charge on any atom is -0.545 e. The third-order valence-corrected chi connectivity index (χ3v) is 16.8. The van der Waals surface area contributed by atoms with Crippen LogP contribution in [-0.4, -0.2) is 82.3 Å². The molecule has 2 atom stereocenters. The molecule has 0 aliphatic carbocycles. The first-order valence-electron chi connectivity index (χ1n) is 38.5. The Balaban J connectivity index is 4.10. The largest absolute Gasteiger partial charge is 0.545 e. The van der Waals surface area contributed by atoms with Crippen LogP contribution in [0.5, 0.6) is 0 Å². The third-order valence-electron chi connectivity index (χ3n) is 16.8. The Kier molecular flexibility index (Phi) is 69.6. The van der Waals surface area contributed by atoms with Gasteiger partial charge in [-0.25, -0.2) is 0 Å². The number of likely N-dealkylation sites (N-methyl/N-ethyl adjacent to an activating group) is 1. The Bertz CT molecular complexity index is 1880. The van der Waals surface area contributed by atoms with Crippen molar-refractivity contribution in [2.45, 2.75) is 354 Å². The van der Waals surface area contributed by atoms with E-state index in [1.807, 2.05) is 21.1 Å². The van der Waals surface area contributed by atoms with Crippen LogP contribution in [0.15, 0.2) is 109 Å². The molecule has 0 rings (SSSR count). The molecule has 0 aromatic carbocycles. The first-order chi connectivity index (χ1) is 45.1. The fraction of sp³-hybridized carbons (Fsp3) is 0.747. The third kappa shape index (κ3) is 73.4. The number of carbonyl (C=O) groups is 3. The molecule has 0 bridgehead atoms. The van der Waals surface area contributed by atoms with Crippen molar-refractivity contribution in [3.8, 4) is 0 Å². The summed E-state index contributed by atoms with van der Waals surface area (Å²) in [6.07, 6.45) is 99.1. The SMILES string of the molecule is CC/C=C\C/C=C\C/C=C\C/C=C\C/C=C\C/C=C\C/C=C\C/C=C\C/C=C\CCCCCCCCCCCC(=O)OC(COC(=O)CCCCCCCCCCCCCCCCCCCCCCCCCCCCCCCC)COC(OCC[N+](C)(C)C)C(=O)[O-]. The standard InChI is InChI=1S/C83H145NO8/c1-6-8-10-12-14-16-18-20-22-24-26-28-30-32-34-36-38-39-40-41-42-43-44-46-48-50-52-54-56-58-60-62-64-66-68-70-72-74-81(86)92-79(78-91-83(82(87)88)89-76-75-84(3,4)5)77-90-80(85)73-71-69-67-65-63-61-59-57-55-53-51-49-47-45-37-35-33-31-29-27-25-23-21-19-17-15-13-11-9-7-2/h8,10,14,16,20,22,26,28,32,34,38-39,41-42,44,46,50,52,79,83H,6-7,9,11-13,15,17-19,21,23-25,27,29-31,33,35-37,40,43,45,47-49,51,53-78H2,1-5H3/b10-8-,16-14-,22-20-,28-26-,34-32-,39-38-,42-41-,46-44-,52-50-. The highest BCUT2D eigenvalue weighted by atomic mass is 16.7. The Morgan fingerprint density at radius 3 is 0.924 bits per heavy atom. The molecule has 530 valence electrons. The number of carbonyl (C=O) groups excluding carboxylic acids is 3. The van der Waals surface area contributed by atoms with E-state index in [2.05, 4.69) is 123 Å². The monoisotopic (exact) mass is 1280 g/mol. The van der Waals surface area contributed by atoms with Gasteiger partial charge in [-0.1, -0.05) is 354 Å². The second kappa shape index (κ2) is 72.8. The predicted molar refractivity (Wildman–Crippen MR) is 394 cm³/mol. The molecule has 0 saturated carbocycles. The maximum Gasteiger partial charge on any atom is 0.306 e. The summed E-state index contributed by atoms with van der Waals surface area (Å²) in [5.74, 6) is -2.28. The Morgan fingerprint density at radius 1 is 0.337 bits per heavy atom. The molecule has 0 aliphatic heterocycles. The number of hydrogen-bond donors (Lipinski definition) is 0. The van der Waals surface area contributed by atoms with Crippen LogP contribution >= 0.6 is 0 Å². The number of hydrogen-bond acceptors (Lipinski definition) is 8. The first-order valence-corrected chi connectivity index (χ1v) is 38.5.